The van der Waals surface area contributed by atoms with E-state index >= 15 is 0 Å². The minimum absolute atomic E-state index is 0.0513. The van der Waals surface area contributed by atoms with Crippen LogP contribution in [-0.2, 0) is 25.7 Å². The van der Waals surface area contributed by atoms with Crippen molar-refractivity contribution in [2.24, 2.45) is 11.8 Å². The molecule has 0 amide bonds. The zero-order valence-electron chi connectivity index (χ0n) is 62.4. The Balaban J connectivity index is 1.10. The number of unbranched alkanes of at least 4 members (excludes halogenated alkanes) is 20. The van der Waals surface area contributed by atoms with Crippen LogP contribution in [0.1, 0.15) is 284 Å². The molecule has 3 aromatic carbocycles. The molecule has 0 N–H and O–H groups in total. The first kappa shape index (κ1) is 77.8. The van der Waals surface area contributed by atoms with Gasteiger partial charge in [0.05, 0.1) is 0 Å². The van der Waals surface area contributed by atoms with E-state index < -0.39 is 0 Å². The fraction of sp³-hybridized carbons (Fsp3) is 0.430. The van der Waals surface area contributed by atoms with E-state index in [-0.39, 0.29) is 22.7 Å². The molecule has 2 atom stereocenters. The van der Waals surface area contributed by atoms with Crippen LogP contribution in [0.4, 0.5) is 0 Å². The number of nitriles is 3. The molecule has 0 aliphatic heterocycles. The van der Waals surface area contributed by atoms with Gasteiger partial charge in [0.25, 0.3) is 0 Å². The summed E-state index contributed by atoms with van der Waals surface area (Å²) >= 11 is 11.3. The molecule has 11 rings (SSSR count). The molecule has 11 heteroatoms. The van der Waals surface area contributed by atoms with Crippen LogP contribution in [0.25, 0.3) is 83.9 Å². The van der Waals surface area contributed by atoms with Crippen molar-refractivity contribution < 1.29 is 9.59 Å². The van der Waals surface area contributed by atoms with E-state index in [0.717, 1.165) is 80.4 Å². The Morgan fingerprint density at radius 1 is 0.413 bits per heavy atom. The summed E-state index contributed by atoms with van der Waals surface area (Å²) in [5.41, 5.74) is 9.54. The van der Waals surface area contributed by atoms with Crippen LogP contribution < -0.4 is 0 Å². The first-order valence-corrected chi connectivity index (χ1v) is 44.3. The first-order valence-electron chi connectivity index (χ1n) is 39.4. The van der Waals surface area contributed by atoms with Crippen molar-refractivity contribution in [3.8, 4) is 70.9 Å². The van der Waals surface area contributed by atoms with Gasteiger partial charge in [0.2, 0.25) is 0 Å². The topological polar surface area (TPSA) is 106 Å². The summed E-state index contributed by atoms with van der Waals surface area (Å²) in [5.74, 6) is 3.32. The lowest BCUT2D eigenvalue weighted by Gasteiger charge is -2.14. The van der Waals surface area contributed by atoms with Gasteiger partial charge in [0, 0.05) is 113 Å². The number of carbonyl (C=O) groups is 2. The lowest BCUT2D eigenvalue weighted by molar-refractivity contribution is 0.103. The summed E-state index contributed by atoms with van der Waals surface area (Å²) in [7, 11) is 0. The molecule has 2 aliphatic rings. The minimum Gasteiger partial charge on any atom is -0.289 e. The molecular weight excluding hydrogens is 1380 g/mol. The Kier molecular flexibility index (Phi) is 29.0. The number of allylic oxidation sites excluding steroid dienone is 6. The second kappa shape index (κ2) is 38.8. The Morgan fingerprint density at radius 2 is 0.779 bits per heavy atom. The van der Waals surface area contributed by atoms with Crippen molar-refractivity contribution >= 4 is 123 Å². The Labute approximate surface area is 645 Å². The summed E-state index contributed by atoms with van der Waals surface area (Å²) in [5, 5.41) is 33.8. The van der Waals surface area contributed by atoms with E-state index in [2.05, 4.69) is 114 Å². The van der Waals surface area contributed by atoms with Crippen LogP contribution in [0, 0.1) is 58.2 Å². The number of rotatable bonds is 40. The van der Waals surface area contributed by atoms with Crippen molar-refractivity contribution in [3.05, 3.63) is 172 Å². The van der Waals surface area contributed by atoms with Gasteiger partial charge >= 0.3 is 0 Å². The van der Waals surface area contributed by atoms with Gasteiger partial charge < -0.3 is 0 Å². The number of benzene rings is 3. The fourth-order valence-electron chi connectivity index (χ4n) is 15.6. The van der Waals surface area contributed by atoms with Crippen molar-refractivity contribution in [1.82, 2.24) is 0 Å². The molecule has 6 aromatic heterocycles. The van der Waals surface area contributed by atoms with Gasteiger partial charge in [-0.05, 0) is 133 Å². The third-order valence-electron chi connectivity index (χ3n) is 21.5. The number of Topliss-reactive ketones (excluding diaryl/α,β-unsaturated/α-hetero) is 2. The number of hydrogen-bond acceptors (Lipinski definition) is 11. The molecule has 6 heterocycles. The molecule has 0 spiro atoms. The van der Waals surface area contributed by atoms with Gasteiger partial charge in [-0.3, -0.25) is 9.59 Å². The molecule has 5 nitrogen and oxygen atoms in total. The van der Waals surface area contributed by atoms with E-state index in [1.807, 2.05) is 106 Å². The third-order valence-corrected chi connectivity index (χ3v) is 28.7. The van der Waals surface area contributed by atoms with Crippen LogP contribution in [0.5, 0.6) is 0 Å². The van der Waals surface area contributed by atoms with Gasteiger partial charge in [-0.2, -0.15) is 15.8 Å². The van der Waals surface area contributed by atoms with Gasteiger partial charge in [-0.1, -0.05) is 263 Å². The number of thiophene rings is 6. The SMILES string of the molecule is C#C/C(C#N)=C1/C(=C/c2cc(CC(CC)CCCC)c(-c3cc4c(-c5ccc(CCCCCCCCCCCC)s5)c5sc(-c6sc(/C=C7\C(=O)c8ccccc8C7=C(C#N)C#N)cc6CC(CC)CCCC)cc5c(-c5ccc(CCCCCCCCCCCC)s5)c4s3)s2)C(=O)c2ccccc21. The highest BCUT2D eigenvalue weighted by molar-refractivity contribution is 7.29. The normalized spacial score (nSPS) is 14.6. The van der Waals surface area contributed by atoms with E-state index in [4.69, 9.17) is 6.42 Å². The Hall–Kier alpha value is -7.29. The summed E-state index contributed by atoms with van der Waals surface area (Å²) in [4.78, 5) is 41.4. The average molecular weight is 1490 g/mol. The van der Waals surface area contributed by atoms with Crippen LogP contribution >= 0.6 is 68.0 Å². The molecule has 538 valence electrons. The summed E-state index contributed by atoms with van der Waals surface area (Å²) < 4.78 is 2.57. The number of terminal acetylenes is 1. The lowest BCUT2D eigenvalue weighted by atomic mass is 9.91. The fourth-order valence-corrected chi connectivity index (χ4v) is 23.0. The largest absolute Gasteiger partial charge is 0.289 e. The van der Waals surface area contributed by atoms with Gasteiger partial charge in [-0.15, -0.1) is 74.4 Å². The average Bonchev–Trinajstić information content (AvgIpc) is 1.56. The molecule has 0 radical (unpaired) electrons. The minimum atomic E-state index is -0.160. The van der Waals surface area contributed by atoms with E-state index in [1.165, 1.54) is 216 Å². The number of nitrogens with zero attached hydrogens (tertiary/aromatic N) is 3. The number of hydrogen-bond donors (Lipinski definition) is 0. The second-order valence-corrected chi connectivity index (χ2v) is 35.6. The molecule has 0 saturated heterocycles. The second-order valence-electron chi connectivity index (χ2n) is 28.9. The first-order chi connectivity index (χ1) is 51.0. The smallest absolute Gasteiger partial charge is 0.194 e. The lowest BCUT2D eigenvalue weighted by Crippen LogP contribution is -2.03. The molecule has 0 fully saturated rings. The molecular formula is C93H103N3O2S6. The number of carbonyl (C=O) groups excluding carboxylic acids is 2. The molecule has 104 heavy (non-hydrogen) atoms. The Morgan fingerprint density at radius 3 is 1.14 bits per heavy atom. The molecule has 0 bridgehead atoms. The summed E-state index contributed by atoms with van der Waals surface area (Å²) in [6, 6.07) is 40.9. The highest BCUT2D eigenvalue weighted by Gasteiger charge is 2.35. The zero-order valence-corrected chi connectivity index (χ0v) is 67.3. The zero-order chi connectivity index (χ0) is 72.9. The van der Waals surface area contributed by atoms with E-state index in [1.54, 1.807) is 22.7 Å². The van der Waals surface area contributed by atoms with E-state index in [9.17, 15) is 25.4 Å². The quantitative estimate of drug-likeness (QED) is 0.0165. The Bertz CT molecular complexity index is 4410. The van der Waals surface area contributed by atoms with Crippen molar-refractivity contribution in [3.63, 3.8) is 0 Å². The predicted octanol–water partition coefficient (Wildman–Crippen LogP) is 29.7. The predicted molar refractivity (Wildman–Crippen MR) is 453 cm³/mol. The maximum atomic E-state index is 14.6. The molecule has 9 aromatic rings. The van der Waals surface area contributed by atoms with Crippen molar-refractivity contribution in [2.45, 2.75) is 247 Å². The highest BCUT2D eigenvalue weighted by atomic mass is 32.1. The van der Waals surface area contributed by atoms with Crippen LogP contribution in [0.2, 0.25) is 0 Å². The van der Waals surface area contributed by atoms with Crippen LogP contribution in [-0.4, -0.2) is 11.6 Å². The van der Waals surface area contributed by atoms with Gasteiger partial charge in [0.15, 0.2) is 11.6 Å². The maximum Gasteiger partial charge on any atom is 0.194 e. The monoisotopic (exact) mass is 1490 g/mol. The number of fused-ring (bicyclic) bond motifs is 4. The van der Waals surface area contributed by atoms with E-state index in [0.29, 0.717) is 56.4 Å². The standard InChI is InChI=1S/C93H103N3O2S6/c1-8-15-19-21-23-25-27-29-31-33-41-68-47-49-80(99-68)86-78-57-82(90-65(51-62(12-5)39-17-10-3)53-70(101-90)55-76-84(64(14-7)59-94)72-43-35-37-45-74(72)88(76)97)103-92(78)87(81-50-48-69(100-81)42-34-32-30-28-26-24-22-20-16-9-2)79-58-83(104-93(79)86)91-66(52-63(13-6)40-18-11-4)54-71(102-91)56-77-85(67(60-95)61-96)73-44-36-38-46-75(73)89(77)98/h7,35-38,43-50,53-58,62-63H,8-13,15-34,39-42,51-52H2,1-6H3/b76-55-,77-56-,84-64-. The van der Waals surface area contributed by atoms with Crippen molar-refractivity contribution in [1.29, 1.82) is 15.8 Å². The molecule has 2 unspecified atom stereocenters. The van der Waals surface area contributed by atoms with Gasteiger partial charge in [-0.25, -0.2) is 0 Å². The van der Waals surface area contributed by atoms with Gasteiger partial charge in [0.1, 0.15) is 29.4 Å². The van der Waals surface area contributed by atoms with Crippen LogP contribution in [0.15, 0.2) is 119 Å². The third kappa shape index (κ3) is 18.4. The molecule has 2 aliphatic carbocycles. The van der Waals surface area contributed by atoms with Crippen molar-refractivity contribution in [2.75, 3.05) is 0 Å². The summed E-state index contributed by atoms with van der Waals surface area (Å²) in [6.07, 6.45) is 49.1. The van der Waals surface area contributed by atoms with Crippen LogP contribution in [0.3, 0.4) is 0 Å². The molecule has 0 saturated carbocycles. The highest BCUT2D eigenvalue weighted by Crippen LogP contribution is 2.57. The number of ketones is 2. The number of aryl methyl sites for hydroxylation is 2. The summed E-state index contributed by atoms with van der Waals surface area (Å²) in [6.45, 7) is 13.8. The maximum absolute atomic E-state index is 14.6.